The van der Waals surface area contributed by atoms with Crippen LogP contribution in [0.1, 0.15) is 62.6 Å². The van der Waals surface area contributed by atoms with Gasteiger partial charge < -0.3 is 10.0 Å². The van der Waals surface area contributed by atoms with Crippen molar-refractivity contribution in [2.24, 2.45) is 11.8 Å². The number of hydrogen-bond donors (Lipinski definition) is 1. The molecule has 2 fully saturated rings. The van der Waals surface area contributed by atoms with E-state index >= 15 is 0 Å². The van der Waals surface area contributed by atoms with Crippen molar-refractivity contribution >= 4 is 21.7 Å². The van der Waals surface area contributed by atoms with Gasteiger partial charge in [-0.1, -0.05) is 36.4 Å². The Hall–Kier alpha value is -3.23. The lowest BCUT2D eigenvalue weighted by Crippen LogP contribution is -2.50. The van der Waals surface area contributed by atoms with E-state index in [0.29, 0.717) is 17.7 Å². The van der Waals surface area contributed by atoms with Crippen LogP contribution in [0.2, 0.25) is 0 Å². The number of alkyl halides is 8. The molecule has 46 heavy (non-hydrogen) atoms. The average Bonchev–Trinajstić information content (AvgIpc) is 3.42. The monoisotopic (exact) mass is 683 g/mol. The molecule has 2 aliphatic rings. The van der Waals surface area contributed by atoms with Crippen molar-refractivity contribution in [3.05, 3.63) is 65.2 Å². The first-order valence-electron chi connectivity index (χ1n) is 14.5. The molecule has 1 saturated heterocycles. The molecule has 1 unspecified atom stereocenters. The highest BCUT2D eigenvalue weighted by Crippen LogP contribution is 2.54. The predicted octanol–water partition coefficient (Wildman–Crippen LogP) is 7.06. The second-order valence-electron chi connectivity index (χ2n) is 12.7. The van der Waals surface area contributed by atoms with Crippen molar-refractivity contribution < 1.29 is 58.2 Å². The molecule has 6 nitrogen and oxygen atoms in total. The molecule has 1 aliphatic carbocycles. The number of amides is 1. The summed E-state index contributed by atoms with van der Waals surface area (Å²) < 4.78 is 136. The minimum atomic E-state index is -6.38. The zero-order valence-electron chi connectivity index (χ0n) is 24.9. The minimum Gasteiger partial charge on any atom is -0.481 e. The highest BCUT2D eigenvalue weighted by molar-refractivity contribution is 7.92. The van der Waals surface area contributed by atoms with E-state index in [1.54, 1.807) is 0 Å². The lowest BCUT2D eigenvalue weighted by molar-refractivity contribution is -0.348. The first-order valence-corrected chi connectivity index (χ1v) is 16.0. The summed E-state index contributed by atoms with van der Waals surface area (Å²) in [6.07, 6.45) is -12.3. The maximum atomic E-state index is 14.8. The Morgan fingerprint density at radius 2 is 1.41 bits per heavy atom. The van der Waals surface area contributed by atoms with E-state index in [4.69, 9.17) is 0 Å². The molecule has 2 aromatic carbocycles. The van der Waals surface area contributed by atoms with Crippen molar-refractivity contribution in [3.63, 3.8) is 0 Å². The highest BCUT2D eigenvalue weighted by Gasteiger charge is 2.73. The van der Waals surface area contributed by atoms with E-state index in [1.165, 1.54) is 43.0 Å². The molecule has 4 rings (SSSR count). The van der Waals surface area contributed by atoms with Gasteiger partial charge in [-0.25, -0.2) is 17.2 Å². The third-order valence-corrected chi connectivity index (χ3v) is 11.4. The zero-order valence-corrected chi connectivity index (χ0v) is 25.7. The van der Waals surface area contributed by atoms with Gasteiger partial charge in [0.25, 0.3) is 0 Å². The Kier molecular flexibility index (Phi) is 9.36. The number of rotatable bonds is 8. The van der Waals surface area contributed by atoms with Gasteiger partial charge in [0.2, 0.25) is 5.91 Å². The Morgan fingerprint density at radius 1 is 0.870 bits per heavy atom. The smallest absolute Gasteiger partial charge is 0.435 e. The van der Waals surface area contributed by atoms with Crippen LogP contribution in [0.3, 0.4) is 0 Å². The van der Waals surface area contributed by atoms with Gasteiger partial charge in [-0.05, 0) is 69.2 Å². The SMILES string of the molecule is CC(C)(F)Cc1cccc(S(=O)(=O)C2(c3ccc(C(F)(C(F)(F)F)C(F)(F)F)cc3)CCN(C(=O)C3CCC(C(=O)O)CC3)C2)c1. The molecule has 2 aromatic rings. The van der Waals surface area contributed by atoms with Crippen LogP contribution in [0.25, 0.3) is 0 Å². The first-order chi connectivity index (χ1) is 21.0. The average molecular weight is 684 g/mol. The number of sulfone groups is 1. The number of aliphatic carboxylic acids is 1. The molecule has 1 saturated carbocycles. The maximum Gasteiger partial charge on any atom is 0.435 e. The molecule has 1 heterocycles. The number of carbonyl (C=O) groups excluding carboxylic acids is 1. The molecule has 1 N–H and O–H groups in total. The summed E-state index contributed by atoms with van der Waals surface area (Å²) in [4.78, 5) is 25.8. The zero-order chi connectivity index (χ0) is 34.5. The number of carboxylic acid groups (broad SMARTS) is 1. The normalized spacial score (nSPS) is 23.4. The van der Waals surface area contributed by atoms with Crippen molar-refractivity contribution in [2.45, 2.75) is 85.7 Å². The lowest BCUT2D eigenvalue weighted by atomic mass is 9.81. The number of carbonyl (C=O) groups is 2. The predicted molar refractivity (Wildman–Crippen MR) is 150 cm³/mol. The molecular formula is C31H33F8NO5S. The molecule has 254 valence electrons. The summed E-state index contributed by atoms with van der Waals surface area (Å²) in [5.41, 5.74) is -9.20. The number of benzene rings is 2. The van der Waals surface area contributed by atoms with Gasteiger partial charge in [0.05, 0.1) is 10.8 Å². The highest BCUT2D eigenvalue weighted by atomic mass is 32.2. The van der Waals surface area contributed by atoms with E-state index in [1.807, 2.05) is 0 Å². The van der Waals surface area contributed by atoms with E-state index in [0.717, 1.165) is 0 Å². The Labute approximate surface area is 260 Å². The number of hydrogen-bond acceptors (Lipinski definition) is 4. The number of halogens is 8. The van der Waals surface area contributed by atoms with E-state index in [9.17, 15) is 58.2 Å². The third kappa shape index (κ3) is 6.48. The standard InChI is InChI=1S/C31H33F8NO5S/c1-27(2,32)17-19-4-3-5-24(16-19)46(44,45)28(14-15-40(18-28)25(41)20-6-8-21(9-7-20)26(42)43)22-10-12-23(13-11-22)29(33,30(34,35)36)31(37,38)39/h3-5,10-13,16,20-21H,6-9,14-15,17-18H2,1-2H3,(H,42,43). The fourth-order valence-electron chi connectivity index (χ4n) is 6.45. The molecular weight excluding hydrogens is 650 g/mol. The first kappa shape index (κ1) is 35.6. The van der Waals surface area contributed by atoms with E-state index < -0.39 is 74.1 Å². The van der Waals surface area contributed by atoms with Gasteiger partial charge in [-0.2, -0.15) is 26.3 Å². The van der Waals surface area contributed by atoms with Crippen LogP contribution < -0.4 is 0 Å². The topological polar surface area (TPSA) is 91.8 Å². The summed E-state index contributed by atoms with van der Waals surface area (Å²) in [6.45, 7) is 1.90. The van der Waals surface area contributed by atoms with Crippen LogP contribution in [0.15, 0.2) is 53.4 Å². The molecule has 15 heteroatoms. The fraction of sp³-hybridized carbons (Fsp3) is 0.548. The van der Waals surface area contributed by atoms with Crippen molar-refractivity contribution in [1.29, 1.82) is 0 Å². The fourth-order valence-corrected chi connectivity index (χ4v) is 8.60. The van der Waals surface area contributed by atoms with Gasteiger partial charge >= 0.3 is 24.0 Å². The Balaban J connectivity index is 1.78. The summed E-state index contributed by atoms with van der Waals surface area (Å²) in [7, 11) is -4.59. The van der Waals surface area contributed by atoms with Gasteiger partial charge in [-0.3, -0.25) is 9.59 Å². The molecule has 0 bridgehead atoms. The van der Waals surface area contributed by atoms with E-state index in [-0.39, 0.29) is 67.7 Å². The van der Waals surface area contributed by atoms with Gasteiger partial charge in [0, 0.05) is 31.0 Å². The van der Waals surface area contributed by atoms with Crippen LogP contribution >= 0.6 is 0 Å². The molecule has 1 amide bonds. The lowest BCUT2D eigenvalue weighted by Gasteiger charge is -2.33. The molecule has 1 atom stereocenters. The minimum absolute atomic E-state index is 0.145. The van der Waals surface area contributed by atoms with Crippen LogP contribution in [0.5, 0.6) is 0 Å². The summed E-state index contributed by atoms with van der Waals surface area (Å²) in [5.74, 6) is -2.69. The summed E-state index contributed by atoms with van der Waals surface area (Å²) in [6, 6.07) is 7.18. The maximum absolute atomic E-state index is 14.8. The Bertz CT molecular complexity index is 1540. The molecule has 0 radical (unpaired) electrons. The van der Waals surface area contributed by atoms with Crippen LogP contribution in [-0.4, -0.2) is 61.4 Å². The van der Waals surface area contributed by atoms with Crippen LogP contribution in [0, 0.1) is 11.8 Å². The van der Waals surface area contributed by atoms with Crippen LogP contribution in [0.4, 0.5) is 35.1 Å². The van der Waals surface area contributed by atoms with Gasteiger partial charge in [0.15, 0.2) is 9.84 Å². The molecule has 0 spiro atoms. The number of likely N-dealkylation sites (tertiary alicyclic amines) is 1. The van der Waals surface area contributed by atoms with Gasteiger partial charge in [0.1, 0.15) is 10.4 Å². The van der Waals surface area contributed by atoms with Crippen molar-refractivity contribution in [3.8, 4) is 0 Å². The van der Waals surface area contributed by atoms with Crippen molar-refractivity contribution in [1.82, 2.24) is 4.90 Å². The molecule has 1 aliphatic heterocycles. The third-order valence-electron chi connectivity index (χ3n) is 8.91. The number of nitrogens with zero attached hydrogens (tertiary/aromatic N) is 1. The van der Waals surface area contributed by atoms with Gasteiger partial charge in [-0.15, -0.1) is 0 Å². The Morgan fingerprint density at radius 3 is 1.91 bits per heavy atom. The number of carboxylic acids is 1. The van der Waals surface area contributed by atoms with E-state index in [2.05, 4.69) is 0 Å². The summed E-state index contributed by atoms with van der Waals surface area (Å²) in [5, 5.41) is 9.28. The summed E-state index contributed by atoms with van der Waals surface area (Å²) >= 11 is 0. The second kappa shape index (κ2) is 12.1. The quantitative estimate of drug-likeness (QED) is 0.301. The second-order valence-corrected chi connectivity index (χ2v) is 14.9. The molecule has 0 aromatic heterocycles. The van der Waals surface area contributed by atoms with Crippen molar-refractivity contribution in [2.75, 3.05) is 13.1 Å². The largest absolute Gasteiger partial charge is 0.481 e. The van der Waals surface area contributed by atoms with Crippen LogP contribution in [-0.2, 0) is 36.3 Å².